The molecule has 0 saturated heterocycles. The first-order chi connectivity index (χ1) is 10.7. The first-order valence-corrected chi connectivity index (χ1v) is 8.66. The molecule has 0 saturated carbocycles. The lowest BCUT2D eigenvalue weighted by Gasteiger charge is -2.15. The zero-order chi connectivity index (χ0) is 16.0. The van der Waals surface area contributed by atoms with Crippen LogP contribution in [-0.4, -0.2) is 17.4 Å². The highest BCUT2D eigenvalue weighted by Crippen LogP contribution is 2.16. The maximum Gasteiger partial charge on any atom is 0.506 e. The number of carboxylic acid groups (broad SMARTS) is 1. The molecular formula is C19H30O3. The van der Waals surface area contributed by atoms with E-state index >= 15 is 0 Å². The zero-order valence-electron chi connectivity index (χ0n) is 13.8. The van der Waals surface area contributed by atoms with Crippen LogP contribution < -0.4 is 0 Å². The highest BCUT2D eigenvalue weighted by Gasteiger charge is 2.12. The maximum atomic E-state index is 10.7. The molecule has 0 radical (unpaired) electrons. The molecule has 1 unspecified atom stereocenters. The zero-order valence-corrected chi connectivity index (χ0v) is 13.8. The van der Waals surface area contributed by atoms with Crippen LogP contribution in [0.3, 0.4) is 0 Å². The molecule has 1 aromatic rings. The molecule has 0 fully saturated rings. The Balaban J connectivity index is 2.09. The van der Waals surface area contributed by atoms with E-state index in [2.05, 4.69) is 31.2 Å². The summed E-state index contributed by atoms with van der Waals surface area (Å²) in [5.74, 6) is 0. The molecule has 1 atom stereocenters. The second-order valence-corrected chi connectivity index (χ2v) is 5.94. The number of unbranched alkanes of at least 4 members (excludes halogenated alkanes) is 5. The summed E-state index contributed by atoms with van der Waals surface area (Å²) in [5.41, 5.74) is 1.40. The molecule has 3 nitrogen and oxygen atoms in total. The molecule has 0 bridgehead atoms. The SMILES string of the molecule is CCCCCC(CCCCCCc1ccccc1)OC(=O)O. The summed E-state index contributed by atoms with van der Waals surface area (Å²) in [6, 6.07) is 10.6. The van der Waals surface area contributed by atoms with Gasteiger partial charge in [0, 0.05) is 0 Å². The number of carbonyl (C=O) groups is 1. The quantitative estimate of drug-likeness (QED) is 0.391. The Bertz CT molecular complexity index is 389. The Hall–Kier alpha value is -1.51. The molecule has 0 amide bonds. The number of rotatable bonds is 12. The van der Waals surface area contributed by atoms with Crippen LogP contribution >= 0.6 is 0 Å². The molecule has 124 valence electrons. The lowest BCUT2D eigenvalue weighted by atomic mass is 10.0. The third kappa shape index (κ3) is 9.43. The molecule has 0 spiro atoms. The Morgan fingerprint density at radius 3 is 2.27 bits per heavy atom. The molecule has 1 N–H and O–H groups in total. The van der Waals surface area contributed by atoms with E-state index in [9.17, 15) is 4.79 Å². The molecule has 1 aromatic carbocycles. The molecule has 0 aliphatic heterocycles. The number of ether oxygens (including phenoxy) is 1. The van der Waals surface area contributed by atoms with Gasteiger partial charge in [0.1, 0.15) is 6.10 Å². The summed E-state index contributed by atoms with van der Waals surface area (Å²) in [5, 5.41) is 8.79. The summed E-state index contributed by atoms with van der Waals surface area (Å²) in [4.78, 5) is 10.7. The van der Waals surface area contributed by atoms with Crippen molar-refractivity contribution < 1.29 is 14.6 Å². The van der Waals surface area contributed by atoms with Crippen LogP contribution in [0.2, 0.25) is 0 Å². The van der Waals surface area contributed by atoms with Crippen molar-refractivity contribution in [2.45, 2.75) is 77.2 Å². The monoisotopic (exact) mass is 306 g/mol. The van der Waals surface area contributed by atoms with Gasteiger partial charge in [-0.15, -0.1) is 0 Å². The van der Waals surface area contributed by atoms with Crippen molar-refractivity contribution in [2.75, 3.05) is 0 Å². The summed E-state index contributed by atoms with van der Waals surface area (Å²) < 4.78 is 4.99. The topological polar surface area (TPSA) is 46.5 Å². The van der Waals surface area contributed by atoms with E-state index in [1.165, 1.54) is 18.4 Å². The van der Waals surface area contributed by atoms with Crippen molar-refractivity contribution in [1.29, 1.82) is 0 Å². The molecule has 0 aromatic heterocycles. The van der Waals surface area contributed by atoms with Crippen LogP contribution in [0.5, 0.6) is 0 Å². The van der Waals surface area contributed by atoms with Gasteiger partial charge in [0.2, 0.25) is 0 Å². The Morgan fingerprint density at radius 2 is 1.64 bits per heavy atom. The second kappa shape index (κ2) is 12.1. The Labute approximate surface area is 134 Å². The van der Waals surface area contributed by atoms with E-state index < -0.39 is 6.16 Å². The van der Waals surface area contributed by atoms with Crippen LogP contribution in [0.15, 0.2) is 30.3 Å². The number of hydrogen-bond acceptors (Lipinski definition) is 2. The molecular weight excluding hydrogens is 276 g/mol. The molecule has 0 aliphatic rings. The van der Waals surface area contributed by atoms with Crippen LogP contribution in [-0.2, 0) is 11.2 Å². The van der Waals surface area contributed by atoms with Crippen molar-refractivity contribution >= 4 is 6.16 Å². The van der Waals surface area contributed by atoms with Gasteiger partial charge in [0.05, 0.1) is 0 Å². The van der Waals surface area contributed by atoms with Crippen molar-refractivity contribution in [3.8, 4) is 0 Å². The Kier molecular flexibility index (Phi) is 10.2. The van der Waals surface area contributed by atoms with Gasteiger partial charge in [-0.3, -0.25) is 0 Å². The predicted molar refractivity (Wildman–Crippen MR) is 90.3 cm³/mol. The second-order valence-electron chi connectivity index (χ2n) is 5.94. The number of aryl methyl sites for hydroxylation is 1. The summed E-state index contributed by atoms with van der Waals surface area (Å²) >= 11 is 0. The van der Waals surface area contributed by atoms with E-state index in [0.29, 0.717) is 0 Å². The van der Waals surface area contributed by atoms with Gasteiger partial charge in [-0.05, 0) is 44.1 Å². The average molecular weight is 306 g/mol. The van der Waals surface area contributed by atoms with Gasteiger partial charge in [0.15, 0.2) is 0 Å². The van der Waals surface area contributed by atoms with Gasteiger partial charge < -0.3 is 9.84 Å². The van der Waals surface area contributed by atoms with Gasteiger partial charge in [-0.2, -0.15) is 0 Å². The fourth-order valence-electron chi connectivity index (χ4n) is 2.73. The van der Waals surface area contributed by atoms with E-state index in [0.717, 1.165) is 51.4 Å². The molecule has 3 heteroatoms. The smallest absolute Gasteiger partial charge is 0.450 e. The van der Waals surface area contributed by atoms with Gasteiger partial charge in [-0.1, -0.05) is 62.9 Å². The third-order valence-corrected chi connectivity index (χ3v) is 3.98. The molecule has 0 aliphatic carbocycles. The van der Waals surface area contributed by atoms with E-state index in [4.69, 9.17) is 9.84 Å². The third-order valence-electron chi connectivity index (χ3n) is 3.98. The van der Waals surface area contributed by atoms with Gasteiger partial charge >= 0.3 is 6.16 Å². The fourth-order valence-corrected chi connectivity index (χ4v) is 2.73. The van der Waals surface area contributed by atoms with Crippen molar-refractivity contribution in [2.24, 2.45) is 0 Å². The minimum Gasteiger partial charge on any atom is -0.450 e. The highest BCUT2D eigenvalue weighted by molar-refractivity contribution is 5.57. The lowest BCUT2D eigenvalue weighted by Crippen LogP contribution is -2.16. The van der Waals surface area contributed by atoms with Crippen LogP contribution in [0, 0.1) is 0 Å². The van der Waals surface area contributed by atoms with E-state index in [1.54, 1.807) is 0 Å². The van der Waals surface area contributed by atoms with E-state index in [1.807, 2.05) is 6.07 Å². The molecule has 0 heterocycles. The fraction of sp³-hybridized carbons (Fsp3) is 0.632. The predicted octanol–water partition coefficient (Wildman–Crippen LogP) is 5.82. The Morgan fingerprint density at radius 1 is 1.00 bits per heavy atom. The standard InChI is InChI=1S/C19H30O3/c1-2-3-7-15-18(22-19(20)21)16-11-5-4-8-12-17-13-9-6-10-14-17/h6,9-10,13-14,18H,2-5,7-8,11-12,15-16H2,1H3,(H,20,21). The van der Waals surface area contributed by atoms with E-state index in [-0.39, 0.29) is 6.10 Å². The number of benzene rings is 1. The molecule has 22 heavy (non-hydrogen) atoms. The minimum atomic E-state index is -1.13. The van der Waals surface area contributed by atoms with Crippen LogP contribution in [0.1, 0.15) is 70.3 Å². The number of hydrogen-bond donors (Lipinski definition) is 1. The largest absolute Gasteiger partial charge is 0.506 e. The van der Waals surface area contributed by atoms with Crippen LogP contribution in [0.25, 0.3) is 0 Å². The first-order valence-electron chi connectivity index (χ1n) is 8.66. The van der Waals surface area contributed by atoms with Gasteiger partial charge in [0.25, 0.3) is 0 Å². The lowest BCUT2D eigenvalue weighted by molar-refractivity contribution is 0.0423. The van der Waals surface area contributed by atoms with Gasteiger partial charge in [-0.25, -0.2) is 4.79 Å². The summed E-state index contributed by atoms with van der Waals surface area (Å²) in [6.45, 7) is 2.15. The highest BCUT2D eigenvalue weighted by atomic mass is 16.7. The van der Waals surface area contributed by atoms with Crippen LogP contribution in [0.4, 0.5) is 4.79 Å². The normalized spacial score (nSPS) is 12.0. The van der Waals surface area contributed by atoms with Crippen molar-refractivity contribution in [3.63, 3.8) is 0 Å². The average Bonchev–Trinajstić information content (AvgIpc) is 2.51. The summed E-state index contributed by atoms with van der Waals surface area (Å²) in [7, 11) is 0. The minimum absolute atomic E-state index is 0.113. The maximum absolute atomic E-state index is 10.7. The first kappa shape index (κ1) is 18.5. The summed E-state index contributed by atoms with van der Waals surface area (Å²) in [6.07, 6.45) is 9.58. The van der Waals surface area contributed by atoms with Crippen molar-refractivity contribution in [3.05, 3.63) is 35.9 Å². The molecule has 1 rings (SSSR count). The van der Waals surface area contributed by atoms with Crippen molar-refractivity contribution in [1.82, 2.24) is 0 Å².